The smallest absolute Gasteiger partial charge is 0.480 e. The fourth-order valence-corrected chi connectivity index (χ4v) is 2.97. The fourth-order valence-electron chi connectivity index (χ4n) is 2.35. The van der Waals surface area contributed by atoms with Crippen LogP contribution in [0, 0.1) is 0 Å². The summed E-state index contributed by atoms with van der Waals surface area (Å²) in [7, 11) is -0.499. The van der Waals surface area contributed by atoms with E-state index in [2.05, 4.69) is 9.97 Å². The van der Waals surface area contributed by atoms with Crippen LogP contribution in [0.4, 0.5) is 5.82 Å². The van der Waals surface area contributed by atoms with Crippen molar-refractivity contribution in [2.24, 2.45) is 0 Å². The van der Waals surface area contributed by atoms with Crippen molar-refractivity contribution in [1.82, 2.24) is 9.97 Å². The summed E-state index contributed by atoms with van der Waals surface area (Å²) in [5.41, 5.74) is 5.93. The predicted molar refractivity (Wildman–Crippen MR) is 95.5 cm³/mol. The van der Waals surface area contributed by atoms with Gasteiger partial charge in [0.25, 0.3) is 0 Å². The number of nitrogens with two attached hydrogens (primary N) is 1. The lowest BCUT2D eigenvalue weighted by Gasteiger charge is -2.32. The third kappa shape index (κ3) is 3.13. The molecule has 1 aliphatic heterocycles. The summed E-state index contributed by atoms with van der Waals surface area (Å²) in [4.78, 5) is 8.49. The maximum Gasteiger partial charge on any atom is 0.496 e. The molecular weight excluding hydrogens is 325 g/mol. The third-order valence-corrected chi connectivity index (χ3v) is 5.47. The van der Waals surface area contributed by atoms with Gasteiger partial charge in [0.15, 0.2) is 11.6 Å². The zero-order valence-electron chi connectivity index (χ0n) is 14.6. The van der Waals surface area contributed by atoms with Crippen LogP contribution >= 0.6 is 11.3 Å². The first kappa shape index (κ1) is 17.2. The second-order valence-corrected chi connectivity index (χ2v) is 7.80. The van der Waals surface area contributed by atoms with Crippen LogP contribution < -0.4 is 15.9 Å². The van der Waals surface area contributed by atoms with Gasteiger partial charge in [0.1, 0.15) is 11.1 Å². The summed E-state index contributed by atoms with van der Waals surface area (Å²) in [6.07, 6.45) is 3.21. The Morgan fingerprint density at radius 3 is 2.46 bits per heavy atom. The molecule has 0 bridgehead atoms. The number of nitrogen functional groups attached to an aromatic ring is 1. The Labute approximate surface area is 146 Å². The molecule has 1 saturated heterocycles. The minimum atomic E-state index is -0.499. The van der Waals surface area contributed by atoms with Gasteiger partial charge in [0, 0.05) is 23.2 Å². The van der Waals surface area contributed by atoms with E-state index in [1.807, 2.05) is 46.1 Å². The molecule has 0 spiro atoms. The van der Waals surface area contributed by atoms with Crippen molar-refractivity contribution >= 4 is 29.7 Å². The van der Waals surface area contributed by atoms with Gasteiger partial charge in [-0.3, -0.25) is 0 Å². The maximum absolute atomic E-state index is 6.05. The van der Waals surface area contributed by atoms with Crippen molar-refractivity contribution in [3.63, 3.8) is 0 Å². The van der Waals surface area contributed by atoms with Gasteiger partial charge in [-0.2, -0.15) is 0 Å². The molecule has 6 nitrogen and oxygen atoms in total. The van der Waals surface area contributed by atoms with Gasteiger partial charge in [-0.1, -0.05) is 0 Å². The van der Waals surface area contributed by atoms with Gasteiger partial charge < -0.3 is 19.8 Å². The van der Waals surface area contributed by atoms with Crippen molar-refractivity contribution < 1.29 is 14.0 Å². The second kappa shape index (κ2) is 6.02. The molecule has 8 heteroatoms. The van der Waals surface area contributed by atoms with E-state index in [1.54, 1.807) is 12.4 Å². The Hall–Kier alpha value is -1.64. The van der Waals surface area contributed by atoms with Gasteiger partial charge >= 0.3 is 7.12 Å². The van der Waals surface area contributed by atoms with Gasteiger partial charge in [0.2, 0.25) is 0 Å². The molecule has 0 aliphatic carbocycles. The molecule has 0 radical (unpaired) electrons. The van der Waals surface area contributed by atoms with Gasteiger partial charge in [-0.25, -0.2) is 9.97 Å². The molecule has 0 saturated carbocycles. The van der Waals surface area contributed by atoms with E-state index in [0.717, 1.165) is 10.5 Å². The summed E-state index contributed by atoms with van der Waals surface area (Å²) < 4.78 is 18.0. The molecule has 24 heavy (non-hydrogen) atoms. The summed E-state index contributed by atoms with van der Waals surface area (Å²) in [5, 5.41) is 2.80. The predicted octanol–water partition coefficient (Wildman–Crippen LogP) is 2.56. The topological polar surface area (TPSA) is 79.5 Å². The number of aromatic nitrogens is 2. The normalized spacial score (nSPS) is 20.1. The Bertz CT molecular complexity index is 705. The van der Waals surface area contributed by atoms with Crippen molar-refractivity contribution in [3.05, 3.63) is 28.8 Å². The zero-order valence-corrected chi connectivity index (χ0v) is 15.4. The number of rotatable bonds is 4. The minimum absolute atomic E-state index is 0.206. The standard InChI is InChI=1S/C16H22BN3O3S/c1-10(14-19-6-7-24-14)21-12-8-11(9-20-13(12)18)17-22-15(2,3)16(4,5)23-17/h6-10H,1-5H3,(H2,18,20). The molecule has 128 valence electrons. The second-order valence-electron chi connectivity index (χ2n) is 6.87. The van der Waals surface area contributed by atoms with Crippen molar-refractivity contribution in [2.45, 2.75) is 51.9 Å². The monoisotopic (exact) mass is 347 g/mol. The average Bonchev–Trinajstić information content (AvgIpc) is 3.08. The zero-order chi connectivity index (χ0) is 17.5. The summed E-state index contributed by atoms with van der Waals surface area (Å²) in [5.74, 6) is 0.837. The Balaban J connectivity index is 1.82. The minimum Gasteiger partial charge on any atom is -0.480 e. The molecule has 0 aromatic carbocycles. The van der Waals surface area contributed by atoms with E-state index in [1.165, 1.54) is 11.3 Å². The highest BCUT2D eigenvalue weighted by molar-refractivity contribution is 7.09. The number of thiazole rings is 1. The van der Waals surface area contributed by atoms with E-state index >= 15 is 0 Å². The lowest BCUT2D eigenvalue weighted by atomic mass is 9.80. The number of hydrogen-bond donors (Lipinski definition) is 1. The van der Waals surface area contributed by atoms with Crippen LogP contribution in [0.15, 0.2) is 23.8 Å². The first-order valence-corrected chi connectivity index (χ1v) is 8.75. The summed E-state index contributed by atoms with van der Waals surface area (Å²) >= 11 is 1.54. The molecule has 3 rings (SSSR count). The van der Waals surface area contributed by atoms with Crippen LogP contribution in [-0.4, -0.2) is 28.3 Å². The van der Waals surface area contributed by atoms with Crippen LogP contribution in [0.25, 0.3) is 0 Å². The Morgan fingerprint density at radius 2 is 1.88 bits per heavy atom. The lowest BCUT2D eigenvalue weighted by molar-refractivity contribution is 0.00578. The van der Waals surface area contributed by atoms with E-state index in [-0.39, 0.29) is 6.10 Å². The van der Waals surface area contributed by atoms with Crippen LogP contribution in [-0.2, 0) is 9.31 Å². The van der Waals surface area contributed by atoms with Crippen LogP contribution in [0.2, 0.25) is 0 Å². The molecular formula is C16H22BN3O3S. The van der Waals surface area contributed by atoms with Crippen LogP contribution in [0.5, 0.6) is 5.75 Å². The van der Waals surface area contributed by atoms with E-state index in [0.29, 0.717) is 11.6 Å². The number of pyridine rings is 1. The Morgan fingerprint density at radius 1 is 1.21 bits per heavy atom. The quantitative estimate of drug-likeness (QED) is 0.857. The van der Waals surface area contributed by atoms with E-state index in [9.17, 15) is 0 Å². The van der Waals surface area contributed by atoms with E-state index in [4.69, 9.17) is 19.8 Å². The number of hydrogen-bond acceptors (Lipinski definition) is 7. The highest BCUT2D eigenvalue weighted by Crippen LogP contribution is 2.37. The van der Waals surface area contributed by atoms with Gasteiger partial charge in [0.05, 0.1) is 11.2 Å². The summed E-state index contributed by atoms with van der Waals surface area (Å²) in [6, 6.07) is 1.83. The molecule has 2 aromatic heterocycles. The van der Waals surface area contributed by atoms with Gasteiger partial charge in [-0.15, -0.1) is 11.3 Å². The molecule has 3 heterocycles. The number of nitrogens with zero attached hydrogens (tertiary/aromatic N) is 2. The molecule has 2 aromatic rings. The first-order chi connectivity index (χ1) is 11.2. The van der Waals surface area contributed by atoms with E-state index < -0.39 is 18.3 Å². The summed E-state index contributed by atoms with van der Waals surface area (Å²) in [6.45, 7) is 9.98. The maximum atomic E-state index is 6.05. The number of anilines is 1. The molecule has 1 atom stereocenters. The molecule has 2 N–H and O–H groups in total. The highest BCUT2D eigenvalue weighted by Gasteiger charge is 2.52. The SMILES string of the molecule is CC(Oc1cc(B2OC(C)(C)C(C)(C)O2)cnc1N)c1nccs1. The first-order valence-electron chi connectivity index (χ1n) is 7.87. The molecule has 1 fully saturated rings. The molecule has 1 aliphatic rings. The van der Waals surface area contributed by atoms with Crippen molar-refractivity contribution in [3.8, 4) is 5.75 Å². The van der Waals surface area contributed by atoms with Crippen LogP contribution in [0.1, 0.15) is 45.7 Å². The van der Waals surface area contributed by atoms with Crippen molar-refractivity contribution in [1.29, 1.82) is 0 Å². The van der Waals surface area contributed by atoms with Gasteiger partial charge in [-0.05, 0) is 40.7 Å². The fraction of sp³-hybridized carbons (Fsp3) is 0.500. The largest absolute Gasteiger partial charge is 0.496 e. The number of ether oxygens (including phenoxy) is 1. The molecule has 1 unspecified atom stereocenters. The lowest BCUT2D eigenvalue weighted by Crippen LogP contribution is -2.41. The third-order valence-electron chi connectivity index (χ3n) is 4.53. The van der Waals surface area contributed by atoms with Crippen LogP contribution in [0.3, 0.4) is 0 Å². The van der Waals surface area contributed by atoms with Crippen molar-refractivity contribution in [2.75, 3.05) is 5.73 Å². The highest BCUT2D eigenvalue weighted by atomic mass is 32.1. The average molecular weight is 347 g/mol. The molecule has 0 amide bonds. The Kier molecular flexibility index (Phi) is 4.31.